The van der Waals surface area contributed by atoms with E-state index in [0.29, 0.717) is 18.1 Å². The van der Waals surface area contributed by atoms with Gasteiger partial charge in [-0.2, -0.15) is 17.9 Å². The first-order chi connectivity index (χ1) is 8.40. The molecule has 0 spiro atoms. The molecule has 0 N–H and O–H groups in total. The van der Waals surface area contributed by atoms with E-state index in [9.17, 15) is 4.39 Å². The summed E-state index contributed by atoms with van der Waals surface area (Å²) in [6.07, 6.45) is 0. The molecular weight excluding hydrogens is 249 g/mol. The molecule has 0 heterocycles. The highest BCUT2D eigenvalue weighted by molar-refractivity contribution is 7.80. The molecule has 1 unspecified atom stereocenters. The Bertz CT molecular complexity index is 448. The molecule has 0 bridgehead atoms. The zero-order valence-electron chi connectivity index (χ0n) is 10.9. The first-order valence-corrected chi connectivity index (χ1v) is 6.45. The summed E-state index contributed by atoms with van der Waals surface area (Å²) in [7, 11) is 0. The molecule has 18 heavy (non-hydrogen) atoms. The Labute approximate surface area is 113 Å². The fourth-order valence-electron chi connectivity index (χ4n) is 1.50. The lowest BCUT2D eigenvalue weighted by Crippen LogP contribution is -2.28. The summed E-state index contributed by atoms with van der Waals surface area (Å²) < 4.78 is 19.0. The van der Waals surface area contributed by atoms with Gasteiger partial charge in [0.05, 0.1) is 6.61 Å². The third kappa shape index (κ3) is 3.64. The van der Waals surface area contributed by atoms with Crippen LogP contribution in [0.3, 0.4) is 0 Å². The molecule has 0 saturated heterocycles. The van der Waals surface area contributed by atoms with Crippen molar-refractivity contribution in [3.8, 4) is 11.8 Å². The van der Waals surface area contributed by atoms with Crippen molar-refractivity contribution in [2.75, 3.05) is 12.4 Å². The van der Waals surface area contributed by atoms with E-state index in [2.05, 4.69) is 33.4 Å². The lowest BCUT2D eigenvalue weighted by atomic mass is 9.82. The maximum Gasteiger partial charge on any atom is 0.144 e. The number of thiol groups is 1. The summed E-state index contributed by atoms with van der Waals surface area (Å²) in [5.41, 5.74) is 0.0198. The van der Waals surface area contributed by atoms with Crippen molar-refractivity contribution in [2.24, 2.45) is 11.3 Å². The summed E-state index contributed by atoms with van der Waals surface area (Å²) in [5.74, 6) is 0.665. The second-order valence-corrected chi connectivity index (χ2v) is 5.65. The quantitative estimate of drug-likeness (QED) is 0.844. The Morgan fingerprint density at radius 2 is 2.11 bits per heavy atom. The Balaban J connectivity index is 2.81. The van der Waals surface area contributed by atoms with Gasteiger partial charge in [-0.3, -0.25) is 0 Å². The predicted molar refractivity (Wildman–Crippen MR) is 73.4 cm³/mol. The number of hydrogen-bond acceptors (Lipinski definition) is 3. The smallest absolute Gasteiger partial charge is 0.144 e. The molecule has 1 aromatic rings. The summed E-state index contributed by atoms with van der Waals surface area (Å²) in [6, 6.07) is 6.23. The van der Waals surface area contributed by atoms with Gasteiger partial charge in [-0.1, -0.05) is 26.8 Å². The second kappa shape index (κ2) is 6.10. The van der Waals surface area contributed by atoms with Crippen molar-refractivity contribution >= 4 is 12.6 Å². The molecule has 0 fully saturated rings. The molecule has 0 saturated carbocycles. The Hall–Kier alpha value is -1.21. The molecule has 0 aliphatic rings. The Morgan fingerprint density at radius 3 is 2.61 bits per heavy atom. The van der Waals surface area contributed by atoms with E-state index in [0.717, 1.165) is 0 Å². The fourth-order valence-corrected chi connectivity index (χ4v) is 2.15. The monoisotopic (exact) mass is 267 g/mol. The van der Waals surface area contributed by atoms with Gasteiger partial charge in [-0.15, -0.1) is 0 Å². The van der Waals surface area contributed by atoms with Gasteiger partial charge in [0.1, 0.15) is 23.2 Å². The van der Waals surface area contributed by atoms with Gasteiger partial charge in [0.25, 0.3) is 0 Å². The van der Waals surface area contributed by atoms with E-state index >= 15 is 0 Å². The minimum absolute atomic E-state index is 0.0377. The summed E-state index contributed by atoms with van der Waals surface area (Å²) >= 11 is 4.31. The number of benzene rings is 1. The number of halogens is 1. The van der Waals surface area contributed by atoms with Gasteiger partial charge in [0.2, 0.25) is 0 Å². The highest BCUT2D eigenvalue weighted by Gasteiger charge is 2.24. The van der Waals surface area contributed by atoms with Crippen LogP contribution in [0.2, 0.25) is 0 Å². The van der Waals surface area contributed by atoms with Gasteiger partial charge < -0.3 is 4.74 Å². The highest BCUT2D eigenvalue weighted by atomic mass is 32.1. The maximum absolute atomic E-state index is 13.4. The van der Waals surface area contributed by atoms with E-state index in [1.807, 2.05) is 6.07 Å². The molecule has 0 amide bonds. The van der Waals surface area contributed by atoms with Crippen LogP contribution in [0.4, 0.5) is 4.39 Å². The number of hydrogen-bond donors (Lipinski definition) is 1. The summed E-state index contributed by atoms with van der Waals surface area (Å²) in [5, 5.41) is 8.90. The van der Waals surface area contributed by atoms with Crippen LogP contribution in [0.5, 0.6) is 5.75 Å². The molecule has 0 aromatic heterocycles. The van der Waals surface area contributed by atoms with Gasteiger partial charge in [-0.25, -0.2) is 4.39 Å². The fraction of sp³-hybridized carbons (Fsp3) is 0.500. The summed E-state index contributed by atoms with van der Waals surface area (Å²) in [4.78, 5) is 0. The molecule has 1 aromatic carbocycles. The third-order valence-corrected chi connectivity index (χ3v) is 3.41. The lowest BCUT2D eigenvalue weighted by Gasteiger charge is -2.29. The molecule has 0 aliphatic carbocycles. The molecule has 1 atom stereocenters. The van der Waals surface area contributed by atoms with Crippen molar-refractivity contribution in [2.45, 2.75) is 20.8 Å². The second-order valence-electron chi connectivity index (χ2n) is 5.28. The number of nitriles is 1. The topological polar surface area (TPSA) is 33.0 Å². The lowest BCUT2D eigenvalue weighted by molar-refractivity contribution is 0.164. The van der Waals surface area contributed by atoms with Crippen LogP contribution in [0.1, 0.15) is 26.3 Å². The average molecular weight is 267 g/mol. The third-order valence-electron chi connectivity index (χ3n) is 2.97. The normalized spacial score (nSPS) is 12.9. The number of nitrogens with zero attached hydrogens (tertiary/aromatic N) is 1. The highest BCUT2D eigenvalue weighted by Crippen LogP contribution is 2.28. The van der Waals surface area contributed by atoms with Gasteiger partial charge in [-0.05, 0) is 23.3 Å². The Morgan fingerprint density at radius 1 is 1.44 bits per heavy atom. The first kappa shape index (κ1) is 14.8. The largest absolute Gasteiger partial charge is 0.492 e. The van der Waals surface area contributed by atoms with E-state index < -0.39 is 5.82 Å². The van der Waals surface area contributed by atoms with Crippen LogP contribution < -0.4 is 4.74 Å². The maximum atomic E-state index is 13.4. The SMILES string of the molecule is CC(C)(C)C(CS)COc1cccc(F)c1C#N. The molecule has 4 heteroatoms. The minimum atomic E-state index is -0.548. The zero-order chi connectivity index (χ0) is 13.8. The minimum Gasteiger partial charge on any atom is -0.492 e. The van der Waals surface area contributed by atoms with Gasteiger partial charge in [0, 0.05) is 5.92 Å². The Kier molecular flexibility index (Phi) is 5.03. The standard InChI is InChI=1S/C14H18FNOS/c1-14(2,3)10(9-18)8-17-13-6-4-5-12(15)11(13)7-16/h4-6,10,18H,8-9H2,1-3H3. The van der Waals surface area contributed by atoms with Crippen molar-refractivity contribution in [3.63, 3.8) is 0 Å². The van der Waals surface area contributed by atoms with Gasteiger partial charge >= 0.3 is 0 Å². The first-order valence-electron chi connectivity index (χ1n) is 5.82. The van der Waals surface area contributed by atoms with E-state index in [1.54, 1.807) is 6.07 Å². The van der Waals surface area contributed by atoms with Crippen molar-refractivity contribution < 1.29 is 9.13 Å². The zero-order valence-corrected chi connectivity index (χ0v) is 11.8. The number of ether oxygens (including phenoxy) is 1. The van der Waals surface area contributed by atoms with Crippen LogP contribution in [-0.4, -0.2) is 12.4 Å². The molecular formula is C14H18FNOS. The van der Waals surface area contributed by atoms with Crippen molar-refractivity contribution in [1.82, 2.24) is 0 Å². The molecule has 0 radical (unpaired) electrons. The van der Waals surface area contributed by atoms with Crippen molar-refractivity contribution in [1.29, 1.82) is 5.26 Å². The molecule has 1 rings (SSSR count). The number of rotatable bonds is 4. The van der Waals surface area contributed by atoms with E-state index in [4.69, 9.17) is 10.00 Å². The molecule has 0 aliphatic heterocycles. The molecule has 2 nitrogen and oxygen atoms in total. The van der Waals surface area contributed by atoms with Crippen LogP contribution >= 0.6 is 12.6 Å². The van der Waals surface area contributed by atoms with Crippen molar-refractivity contribution in [3.05, 3.63) is 29.6 Å². The van der Waals surface area contributed by atoms with Crippen LogP contribution in [0.15, 0.2) is 18.2 Å². The summed E-state index contributed by atoms with van der Waals surface area (Å²) in [6.45, 7) is 6.74. The van der Waals surface area contributed by atoms with Crippen LogP contribution in [0, 0.1) is 28.5 Å². The molecule has 98 valence electrons. The predicted octanol–water partition coefficient (Wildman–Crippen LogP) is 3.67. The van der Waals surface area contributed by atoms with Gasteiger partial charge in [0.15, 0.2) is 0 Å². The van der Waals surface area contributed by atoms with E-state index in [1.165, 1.54) is 12.1 Å². The van der Waals surface area contributed by atoms with Crippen LogP contribution in [-0.2, 0) is 0 Å². The van der Waals surface area contributed by atoms with E-state index in [-0.39, 0.29) is 16.9 Å². The average Bonchev–Trinajstić information content (AvgIpc) is 2.28. The van der Waals surface area contributed by atoms with Crippen LogP contribution in [0.25, 0.3) is 0 Å².